The van der Waals surface area contributed by atoms with Crippen molar-refractivity contribution in [3.05, 3.63) is 22.2 Å². The van der Waals surface area contributed by atoms with Crippen LogP contribution >= 0.6 is 23.2 Å². The molecular weight excluding hydrogens is 285 g/mol. The molecule has 1 aromatic carbocycles. The molecule has 0 radical (unpaired) electrons. The van der Waals surface area contributed by atoms with E-state index in [0.29, 0.717) is 32.5 Å². The summed E-state index contributed by atoms with van der Waals surface area (Å²) in [6, 6.07) is 3.36. The lowest BCUT2D eigenvalue weighted by atomic mass is 10.1. The lowest BCUT2D eigenvalue weighted by molar-refractivity contribution is 0.427. The first kappa shape index (κ1) is 12.7. The Hall–Kier alpha value is -1.33. The Morgan fingerprint density at radius 2 is 2.11 bits per heavy atom. The van der Waals surface area contributed by atoms with Crippen LogP contribution in [-0.2, 0) is 6.54 Å². The highest BCUT2D eigenvalue weighted by atomic mass is 35.5. The molecule has 0 bridgehead atoms. The average molecular weight is 298 g/mol. The van der Waals surface area contributed by atoms with Gasteiger partial charge in [-0.3, -0.25) is 0 Å². The molecule has 7 heteroatoms. The number of hydrogen-bond donors (Lipinski definition) is 1. The van der Waals surface area contributed by atoms with Crippen molar-refractivity contribution in [1.29, 1.82) is 0 Å². The third-order valence-corrected chi connectivity index (χ3v) is 4.26. The molecule has 3 rings (SSSR count). The van der Waals surface area contributed by atoms with Gasteiger partial charge in [-0.15, -0.1) is 5.10 Å². The highest BCUT2D eigenvalue weighted by Gasteiger charge is 2.38. The van der Waals surface area contributed by atoms with Crippen LogP contribution in [0.1, 0.15) is 19.8 Å². The summed E-state index contributed by atoms with van der Waals surface area (Å²) in [6.45, 7) is 2.99. The standard InChI is InChI=1S/C12H13Cl2N5/c1-12(2-3-12)6-19-11(16-17-18-19)8-4-7(15)5-9(13)10(8)14/h4-5H,2-3,6,15H2,1H3. The molecule has 1 aliphatic carbocycles. The minimum atomic E-state index is 0.292. The number of nitrogens with zero attached hydrogens (tertiary/aromatic N) is 4. The van der Waals surface area contributed by atoms with E-state index >= 15 is 0 Å². The summed E-state index contributed by atoms with van der Waals surface area (Å²) in [7, 11) is 0. The molecule has 0 saturated heterocycles. The summed E-state index contributed by atoms with van der Waals surface area (Å²) in [5.74, 6) is 0.604. The number of aromatic nitrogens is 4. The SMILES string of the molecule is CC1(Cn2nnnc2-c2cc(N)cc(Cl)c2Cl)CC1. The van der Waals surface area contributed by atoms with E-state index in [-0.39, 0.29) is 0 Å². The summed E-state index contributed by atoms with van der Waals surface area (Å²) in [6.07, 6.45) is 2.38. The van der Waals surface area contributed by atoms with E-state index in [4.69, 9.17) is 28.9 Å². The first-order chi connectivity index (χ1) is 8.98. The van der Waals surface area contributed by atoms with Gasteiger partial charge in [-0.2, -0.15) is 0 Å². The van der Waals surface area contributed by atoms with Crippen LogP contribution in [0.3, 0.4) is 0 Å². The number of nitrogen functional groups attached to an aromatic ring is 1. The van der Waals surface area contributed by atoms with E-state index in [1.165, 1.54) is 12.8 Å². The smallest absolute Gasteiger partial charge is 0.183 e. The molecule has 19 heavy (non-hydrogen) atoms. The highest BCUT2D eigenvalue weighted by molar-refractivity contribution is 6.43. The van der Waals surface area contributed by atoms with E-state index in [2.05, 4.69) is 22.4 Å². The summed E-state index contributed by atoms with van der Waals surface area (Å²) in [4.78, 5) is 0. The lowest BCUT2D eigenvalue weighted by Gasteiger charge is -2.11. The second kappa shape index (κ2) is 4.35. The van der Waals surface area contributed by atoms with Crippen molar-refractivity contribution in [3.8, 4) is 11.4 Å². The number of halogens is 2. The Balaban J connectivity index is 2.05. The van der Waals surface area contributed by atoms with Crippen molar-refractivity contribution in [3.63, 3.8) is 0 Å². The zero-order valence-corrected chi connectivity index (χ0v) is 11.9. The minimum absolute atomic E-state index is 0.292. The minimum Gasteiger partial charge on any atom is -0.399 e. The Labute approximate surface area is 120 Å². The summed E-state index contributed by atoms with van der Waals surface area (Å²) in [5.41, 5.74) is 7.30. The fraction of sp³-hybridized carbons (Fsp3) is 0.417. The van der Waals surface area contributed by atoms with Crippen LogP contribution in [0.15, 0.2) is 12.1 Å². The second-order valence-electron chi connectivity index (χ2n) is 5.34. The van der Waals surface area contributed by atoms with Gasteiger partial charge in [0.15, 0.2) is 5.82 Å². The molecular formula is C12H13Cl2N5. The molecule has 0 amide bonds. The summed E-state index contributed by atoms with van der Waals surface area (Å²) >= 11 is 12.3. The van der Waals surface area contributed by atoms with Crippen LogP contribution in [0.25, 0.3) is 11.4 Å². The number of anilines is 1. The van der Waals surface area contributed by atoms with Crippen LogP contribution in [-0.4, -0.2) is 20.2 Å². The molecule has 1 aliphatic rings. The topological polar surface area (TPSA) is 69.6 Å². The molecule has 1 aromatic heterocycles. The highest BCUT2D eigenvalue weighted by Crippen LogP contribution is 2.47. The third kappa shape index (κ3) is 2.40. The molecule has 1 heterocycles. The van der Waals surface area contributed by atoms with Gasteiger partial charge >= 0.3 is 0 Å². The molecule has 5 nitrogen and oxygen atoms in total. The van der Waals surface area contributed by atoms with Crippen molar-refractivity contribution in [2.24, 2.45) is 5.41 Å². The fourth-order valence-electron chi connectivity index (χ4n) is 2.01. The van der Waals surface area contributed by atoms with Crippen molar-refractivity contribution in [1.82, 2.24) is 20.2 Å². The number of hydrogen-bond acceptors (Lipinski definition) is 4. The quantitative estimate of drug-likeness (QED) is 0.884. The zero-order chi connectivity index (χ0) is 13.6. The summed E-state index contributed by atoms with van der Waals surface area (Å²) in [5, 5.41) is 12.6. The fourth-order valence-corrected chi connectivity index (χ4v) is 2.43. The van der Waals surface area contributed by atoms with Gasteiger partial charge in [-0.1, -0.05) is 30.1 Å². The van der Waals surface area contributed by atoms with Crippen molar-refractivity contribution >= 4 is 28.9 Å². The van der Waals surface area contributed by atoms with Gasteiger partial charge in [0.25, 0.3) is 0 Å². The first-order valence-electron chi connectivity index (χ1n) is 6.00. The lowest BCUT2D eigenvalue weighted by Crippen LogP contribution is -2.11. The molecule has 1 fully saturated rings. The predicted octanol–water partition coefficient (Wildman–Crippen LogP) is 3.03. The Morgan fingerprint density at radius 1 is 1.37 bits per heavy atom. The van der Waals surface area contributed by atoms with Crippen LogP contribution in [0, 0.1) is 5.41 Å². The molecule has 100 valence electrons. The van der Waals surface area contributed by atoms with E-state index in [0.717, 1.165) is 6.54 Å². The molecule has 0 aliphatic heterocycles. The van der Waals surface area contributed by atoms with Crippen molar-refractivity contribution in [2.75, 3.05) is 5.73 Å². The number of tetrazole rings is 1. The maximum Gasteiger partial charge on any atom is 0.183 e. The van der Waals surface area contributed by atoms with E-state index in [9.17, 15) is 0 Å². The maximum absolute atomic E-state index is 6.22. The van der Waals surface area contributed by atoms with E-state index in [1.807, 2.05) is 0 Å². The first-order valence-corrected chi connectivity index (χ1v) is 6.75. The molecule has 2 aromatic rings. The Bertz CT molecular complexity index is 633. The van der Waals surface area contributed by atoms with Gasteiger partial charge in [-0.05, 0) is 40.8 Å². The maximum atomic E-state index is 6.22. The van der Waals surface area contributed by atoms with Gasteiger partial charge in [0.2, 0.25) is 0 Å². The van der Waals surface area contributed by atoms with Gasteiger partial charge in [-0.25, -0.2) is 4.68 Å². The number of nitrogens with two attached hydrogens (primary N) is 1. The van der Waals surface area contributed by atoms with Gasteiger partial charge in [0, 0.05) is 11.3 Å². The van der Waals surface area contributed by atoms with Crippen LogP contribution in [0.5, 0.6) is 0 Å². The van der Waals surface area contributed by atoms with Gasteiger partial charge in [0.1, 0.15) is 0 Å². The van der Waals surface area contributed by atoms with Crippen molar-refractivity contribution in [2.45, 2.75) is 26.3 Å². The Kier molecular flexibility index (Phi) is 2.91. The second-order valence-corrected chi connectivity index (χ2v) is 6.12. The Morgan fingerprint density at radius 3 is 2.79 bits per heavy atom. The molecule has 0 atom stereocenters. The number of rotatable bonds is 3. The van der Waals surface area contributed by atoms with Crippen molar-refractivity contribution < 1.29 is 0 Å². The molecule has 2 N–H and O–H groups in total. The van der Waals surface area contributed by atoms with Gasteiger partial charge in [0.05, 0.1) is 16.6 Å². The molecule has 1 saturated carbocycles. The van der Waals surface area contributed by atoms with E-state index < -0.39 is 0 Å². The normalized spacial score (nSPS) is 16.6. The number of benzene rings is 1. The monoisotopic (exact) mass is 297 g/mol. The predicted molar refractivity (Wildman–Crippen MR) is 75.0 cm³/mol. The van der Waals surface area contributed by atoms with Crippen LogP contribution in [0.4, 0.5) is 5.69 Å². The van der Waals surface area contributed by atoms with Crippen LogP contribution in [0.2, 0.25) is 10.0 Å². The van der Waals surface area contributed by atoms with E-state index in [1.54, 1.807) is 16.8 Å². The van der Waals surface area contributed by atoms with Crippen LogP contribution < -0.4 is 5.73 Å². The molecule has 0 unspecified atom stereocenters. The van der Waals surface area contributed by atoms with Gasteiger partial charge < -0.3 is 5.73 Å². The largest absolute Gasteiger partial charge is 0.399 e. The molecule has 0 spiro atoms. The zero-order valence-electron chi connectivity index (χ0n) is 10.4. The average Bonchev–Trinajstić information content (AvgIpc) is 2.89. The third-order valence-electron chi connectivity index (χ3n) is 3.46. The summed E-state index contributed by atoms with van der Waals surface area (Å²) < 4.78 is 1.77.